The molecule has 1 atom stereocenters. The molecule has 0 aromatic heterocycles. The van der Waals surface area contributed by atoms with Gasteiger partial charge in [0.05, 0.1) is 0 Å². The van der Waals surface area contributed by atoms with Gasteiger partial charge >= 0.3 is 17.9 Å². The summed E-state index contributed by atoms with van der Waals surface area (Å²) in [5, 5.41) is 0. The zero-order valence-corrected chi connectivity index (χ0v) is 46.0. The molecule has 0 heterocycles. The summed E-state index contributed by atoms with van der Waals surface area (Å²) in [6, 6.07) is 0. The number of ether oxygens (including phenoxy) is 3. The number of carbonyl (C=O) groups is 3. The molecule has 0 radical (unpaired) electrons. The van der Waals surface area contributed by atoms with E-state index in [1.807, 2.05) is 0 Å². The Morgan fingerprint density at radius 1 is 0.300 bits per heavy atom. The first kappa shape index (κ1) is 66.6. The number of carbonyl (C=O) groups excluding carboxylic acids is 3. The molecule has 0 spiro atoms. The maximum absolute atomic E-state index is 12.9. The van der Waals surface area contributed by atoms with E-state index in [2.05, 4.69) is 106 Å². The summed E-state index contributed by atoms with van der Waals surface area (Å²) in [6.07, 6.45) is 75.8. The van der Waals surface area contributed by atoms with Crippen molar-refractivity contribution in [3.05, 3.63) is 85.1 Å². The van der Waals surface area contributed by atoms with Gasteiger partial charge in [0.15, 0.2) is 6.10 Å². The van der Waals surface area contributed by atoms with Gasteiger partial charge in [0.2, 0.25) is 0 Å². The number of rotatable bonds is 53. The Kier molecular flexibility index (Phi) is 55.3. The van der Waals surface area contributed by atoms with Crippen LogP contribution in [0.15, 0.2) is 85.1 Å². The van der Waals surface area contributed by atoms with E-state index < -0.39 is 6.10 Å². The summed E-state index contributed by atoms with van der Waals surface area (Å²) in [6.45, 7) is 6.41. The van der Waals surface area contributed by atoms with Crippen molar-refractivity contribution in [1.29, 1.82) is 0 Å². The molecule has 70 heavy (non-hydrogen) atoms. The lowest BCUT2D eigenvalue weighted by atomic mass is 10.0. The van der Waals surface area contributed by atoms with E-state index >= 15 is 0 Å². The highest BCUT2D eigenvalue weighted by Crippen LogP contribution is 2.16. The van der Waals surface area contributed by atoms with E-state index in [9.17, 15) is 14.4 Å². The van der Waals surface area contributed by atoms with Gasteiger partial charge in [-0.1, -0.05) is 260 Å². The molecule has 6 heteroatoms. The molecule has 0 amide bonds. The van der Waals surface area contributed by atoms with Crippen LogP contribution in [0.4, 0.5) is 0 Å². The van der Waals surface area contributed by atoms with Gasteiger partial charge in [-0.15, -0.1) is 0 Å². The quantitative estimate of drug-likeness (QED) is 0.0261. The van der Waals surface area contributed by atoms with Crippen molar-refractivity contribution in [2.75, 3.05) is 13.2 Å². The first-order valence-electron chi connectivity index (χ1n) is 29.6. The summed E-state index contributed by atoms with van der Waals surface area (Å²) in [7, 11) is 0. The van der Waals surface area contributed by atoms with Crippen LogP contribution < -0.4 is 0 Å². The van der Waals surface area contributed by atoms with Crippen LogP contribution in [0.5, 0.6) is 0 Å². The Labute approximate surface area is 433 Å². The van der Waals surface area contributed by atoms with Crippen LogP contribution in [0.1, 0.15) is 284 Å². The van der Waals surface area contributed by atoms with Gasteiger partial charge < -0.3 is 14.2 Å². The molecule has 0 fully saturated rings. The number of esters is 3. The van der Waals surface area contributed by atoms with Gasteiger partial charge in [-0.25, -0.2) is 0 Å². The Balaban J connectivity index is 4.40. The van der Waals surface area contributed by atoms with E-state index in [-0.39, 0.29) is 31.1 Å². The fraction of sp³-hybridized carbons (Fsp3) is 0.734. The average molecular weight is 976 g/mol. The molecule has 6 nitrogen and oxygen atoms in total. The van der Waals surface area contributed by atoms with E-state index in [1.165, 1.54) is 109 Å². The lowest BCUT2D eigenvalue weighted by Crippen LogP contribution is -2.30. The van der Waals surface area contributed by atoms with Gasteiger partial charge in [-0.05, 0) is 89.9 Å². The molecule has 0 saturated carbocycles. The number of allylic oxidation sites excluding steroid dienone is 14. The smallest absolute Gasteiger partial charge is 0.306 e. The van der Waals surface area contributed by atoms with Gasteiger partial charge in [0, 0.05) is 19.3 Å². The number of hydrogen-bond donors (Lipinski definition) is 0. The maximum atomic E-state index is 12.9. The monoisotopic (exact) mass is 975 g/mol. The molecule has 0 rings (SSSR count). The predicted molar refractivity (Wildman–Crippen MR) is 302 cm³/mol. The van der Waals surface area contributed by atoms with Crippen molar-refractivity contribution < 1.29 is 28.6 Å². The minimum absolute atomic E-state index is 0.0903. The van der Waals surface area contributed by atoms with Gasteiger partial charge in [-0.2, -0.15) is 0 Å². The van der Waals surface area contributed by atoms with Crippen LogP contribution >= 0.6 is 0 Å². The summed E-state index contributed by atoms with van der Waals surface area (Å²) >= 11 is 0. The normalized spacial score (nSPS) is 12.7. The lowest BCUT2D eigenvalue weighted by molar-refractivity contribution is -0.167. The first-order chi connectivity index (χ1) is 34.5. The summed E-state index contributed by atoms with van der Waals surface area (Å²) in [4.78, 5) is 38.2. The van der Waals surface area contributed by atoms with Gasteiger partial charge in [0.1, 0.15) is 13.2 Å². The number of hydrogen-bond acceptors (Lipinski definition) is 6. The lowest BCUT2D eigenvalue weighted by Gasteiger charge is -2.18. The minimum atomic E-state index is -0.796. The highest BCUT2D eigenvalue weighted by atomic mass is 16.6. The highest BCUT2D eigenvalue weighted by Gasteiger charge is 2.19. The molecule has 0 aliphatic heterocycles. The molecule has 0 N–H and O–H groups in total. The standard InChI is InChI=1S/C64H110O6/c1-4-7-10-13-16-19-22-25-28-30-31-32-34-36-39-42-45-48-51-54-57-63(66)69-60-61(59-68-62(65)56-53-50-47-44-41-38-35-27-24-21-18-15-12-9-6-3)70-64(67)58-55-52-49-46-43-40-37-33-29-26-23-20-17-14-11-8-5-2/h8-9,11-12,17-18,20-21,26-27,29,35,37,40,61H,4-7,10,13-16,19,22-25,28,30-34,36,38-39,41-60H2,1-3H3/b11-8-,12-9-,20-17-,21-18-,29-26-,35-27-,40-37-. The molecular weight excluding hydrogens is 865 g/mol. The largest absolute Gasteiger partial charge is 0.462 e. The van der Waals surface area contributed by atoms with Crippen LogP contribution in [0.2, 0.25) is 0 Å². The van der Waals surface area contributed by atoms with Crippen molar-refractivity contribution in [2.24, 2.45) is 0 Å². The summed E-state index contributed by atoms with van der Waals surface area (Å²) < 4.78 is 16.9. The third kappa shape index (κ3) is 55.5. The van der Waals surface area contributed by atoms with Crippen LogP contribution in [0.25, 0.3) is 0 Å². The molecule has 0 bridgehead atoms. The molecule has 0 aromatic rings. The molecule has 1 unspecified atom stereocenters. The van der Waals surface area contributed by atoms with Crippen molar-refractivity contribution in [3.8, 4) is 0 Å². The Morgan fingerprint density at radius 2 is 0.557 bits per heavy atom. The van der Waals surface area contributed by atoms with E-state index in [0.717, 1.165) is 135 Å². The summed E-state index contributed by atoms with van der Waals surface area (Å²) in [5.41, 5.74) is 0. The minimum Gasteiger partial charge on any atom is -0.462 e. The van der Waals surface area contributed by atoms with Crippen molar-refractivity contribution in [3.63, 3.8) is 0 Å². The topological polar surface area (TPSA) is 78.9 Å². The molecule has 0 aromatic carbocycles. The average Bonchev–Trinajstić information content (AvgIpc) is 3.36. The highest BCUT2D eigenvalue weighted by molar-refractivity contribution is 5.71. The van der Waals surface area contributed by atoms with Gasteiger partial charge in [-0.3, -0.25) is 14.4 Å². The van der Waals surface area contributed by atoms with E-state index in [4.69, 9.17) is 14.2 Å². The summed E-state index contributed by atoms with van der Waals surface area (Å²) in [5.74, 6) is -0.923. The van der Waals surface area contributed by atoms with Crippen LogP contribution in [0.3, 0.4) is 0 Å². The van der Waals surface area contributed by atoms with Crippen LogP contribution in [-0.2, 0) is 28.6 Å². The second-order valence-corrected chi connectivity index (χ2v) is 19.5. The van der Waals surface area contributed by atoms with Crippen LogP contribution in [0, 0.1) is 0 Å². The zero-order chi connectivity index (χ0) is 50.7. The van der Waals surface area contributed by atoms with Crippen molar-refractivity contribution in [2.45, 2.75) is 290 Å². The Hall–Kier alpha value is -3.41. The van der Waals surface area contributed by atoms with Crippen molar-refractivity contribution >= 4 is 17.9 Å². The fourth-order valence-corrected chi connectivity index (χ4v) is 8.27. The van der Waals surface area contributed by atoms with Crippen molar-refractivity contribution in [1.82, 2.24) is 0 Å². The maximum Gasteiger partial charge on any atom is 0.306 e. The van der Waals surface area contributed by atoms with Gasteiger partial charge in [0.25, 0.3) is 0 Å². The third-order valence-electron chi connectivity index (χ3n) is 12.6. The Bertz CT molecular complexity index is 1350. The molecule has 0 aliphatic carbocycles. The van der Waals surface area contributed by atoms with Crippen LogP contribution in [-0.4, -0.2) is 37.2 Å². The SMILES string of the molecule is CC/C=C\C/C=C\C/C=C\C/C=C\CCCCCCC(=O)OC(COC(=O)CCCCCCC/C=C\C/C=C\C/C=C\CC)COC(=O)CCCCCCCCCCCCCCCCCCCCCC. The molecule has 0 aliphatic rings. The van der Waals surface area contributed by atoms with E-state index in [1.54, 1.807) is 0 Å². The molecule has 402 valence electrons. The molecule has 0 saturated heterocycles. The Morgan fingerprint density at radius 3 is 0.871 bits per heavy atom. The first-order valence-corrected chi connectivity index (χ1v) is 29.6. The zero-order valence-electron chi connectivity index (χ0n) is 46.0. The third-order valence-corrected chi connectivity index (χ3v) is 12.6. The fourth-order valence-electron chi connectivity index (χ4n) is 8.27. The number of unbranched alkanes of at least 4 members (excludes halogenated alkanes) is 28. The predicted octanol–water partition coefficient (Wildman–Crippen LogP) is 19.9. The molecular formula is C64H110O6. The second-order valence-electron chi connectivity index (χ2n) is 19.5. The second kappa shape index (κ2) is 58.2. The van der Waals surface area contributed by atoms with E-state index in [0.29, 0.717) is 19.3 Å².